The van der Waals surface area contributed by atoms with E-state index in [1.54, 1.807) is 0 Å². The number of imidazole rings is 1. The summed E-state index contributed by atoms with van der Waals surface area (Å²) in [7, 11) is 1.11. The molecule has 2 aromatic carbocycles. The van der Waals surface area contributed by atoms with Gasteiger partial charge in [0.2, 0.25) is 0 Å². The van der Waals surface area contributed by atoms with Crippen LogP contribution in [0.1, 0.15) is 17.5 Å². The lowest BCUT2D eigenvalue weighted by molar-refractivity contribution is -0.143. The lowest BCUT2D eigenvalue weighted by atomic mass is 10.1. The quantitative estimate of drug-likeness (QED) is 0.426. The van der Waals surface area contributed by atoms with E-state index < -0.39 is 52.5 Å². The Hall–Kier alpha value is -3.85. The maximum atomic E-state index is 14.0. The largest absolute Gasteiger partial charge is 0.420 e. The lowest BCUT2D eigenvalue weighted by Gasteiger charge is -2.23. The van der Waals surface area contributed by atoms with Crippen LogP contribution in [0, 0.1) is 5.82 Å². The number of anilines is 1. The van der Waals surface area contributed by atoms with Gasteiger partial charge in [-0.15, -0.1) is 0 Å². The van der Waals surface area contributed by atoms with Gasteiger partial charge in [-0.05, 0) is 42.8 Å². The summed E-state index contributed by atoms with van der Waals surface area (Å²) in [5, 5.41) is 3.11. The minimum Gasteiger partial charge on any atom is -0.407 e. The first-order valence-electron chi connectivity index (χ1n) is 11.9. The number of carbonyl (C=O) groups is 1. The van der Waals surface area contributed by atoms with Crippen molar-refractivity contribution in [2.45, 2.75) is 31.4 Å². The second kappa shape index (κ2) is 11.3. The summed E-state index contributed by atoms with van der Waals surface area (Å²) in [4.78, 5) is 26.7. The fourth-order valence-corrected chi connectivity index (χ4v) is 4.05. The number of rotatable bonds is 6. The molecule has 15 heteroatoms. The van der Waals surface area contributed by atoms with Crippen LogP contribution in [0.3, 0.4) is 0 Å². The molecule has 1 N–H and O–H groups in total. The van der Waals surface area contributed by atoms with Gasteiger partial charge >= 0.3 is 24.1 Å². The monoisotopic (exact) mass is 576 g/mol. The Morgan fingerprint density at radius 1 is 1.10 bits per heavy atom. The Balaban J connectivity index is 1.77. The van der Waals surface area contributed by atoms with E-state index in [1.807, 2.05) is 0 Å². The number of aromatic nitrogens is 2. The number of nitrogens with one attached hydrogen (secondary N) is 1. The average molecular weight is 576 g/mol. The second-order valence-corrected chi connectivity index (χ2v) is 8.90. The van der Waals surface area contributed by atoms with Crippen LogP contribution < -0.4 is 20.6 Å². The molecular formula is C25H23F7N4O4. The van der Waals surface area contributed by atoms with Gasteiger partial charge in [-0.25, -0.2) is 14.0 Å². The maximum absolute atomic E-state index is 14.0. The van der Waals surface area contributed by atoms with E-state index in [1.165, 1.54) is 6.20 Å². The smallest absolute Gasteiger partial charge is 0.407 e. The molecule has 40 heavy (non-hydrogen) atoms. The number of benzene rings is 2. The summed E-state index contributed by atoms with van der Waals surface area (Å²) < 4.78 is 108. The summed E-state index contributed by atoms with van der Waals surface area (Å²) >= 11 is 0. The summed E-state index contributed by atoms with van der Waals surface area (Å²) in [6.45, 7) is 1.68. The maximum Gasteiger partial charge on any atom is 0.420 e. The van der Waals surface area contributed by atoms with Gasteiger partial charge in [-0.2, -0.15) is 26.3 Å². The zero-order valence-corrected chi connectivity index (χ0v) is 20.9. The van der Waals surface area contributed by atoms with Crippen molar-refractivity contribution in [2.24, 2.45) is 0 Å². The highest BCUT2D eigenvalue weighted by Crippen LogP contribution is 2.44. The van der Waals surface area contributed by atoms with Gasteiger partial charge in [0.1, 0.15) is 11.4 Å². The number of amides is 1. The average Bonchev–Trinajstić information content (AvgIpc) is 3.26. The van der Waals surface area contributed by atoms with E-state index in [0.29, 0.717) is 36.8 Å². The molecule has 0 aliphatic carbocycles. The van der Waals surface area contributed by atoms with E-state index in [0.717, 1.165) is 47.0 Å². The van der Waals surface area contributed by atoms with Gasteiger partial charge in [0.05, 0.1) is 24.0 Å². The van der Waals surface area contributed by atoms with Crippen molar-refractivity contribution in [3.05, 3.63) is 76.2 Å². The number of ether oxygens (including phenoxy) is 2. The highest BCUT2D eigenvalue weighted by atomic mass is 19.4. The molecule has 0 bridgehead atoms. The fourth-order valence-electron chi connectivity index (χ4n) is 4.05. The molecule has 1 amide bonds. The Kier molecular flexibility index (Phi) is 8.25. The van der Waals surface area contributed by atoms with Gasteiger partial charge in [-0.3, -0.25) is 14.0 Å². The molecule has 8 nitrogen and oxygen atoms in total. The van der Waals surface area contributed by atoms with Gasteiger partial charge < -0.3 is 14.8 Å². The third-order valence-corrected chi connectivity index (χ3v) is 6.18. The molecule has 1 unspecified atom stereocenters. The molecule has 0 saturated carbocycles. The van der Waals surface area contributed by atoms with Crippen LogP contribution in [-0.4, -0.2) is 48.1 Å². The molecule has 1 atom stereocenters. The first-order chi connectivity index (χ1) is 18.8. The minimum atomic E-state index is -5.41. The predicted octanol–water partition coefficient (Wildman–Crippen LogP) is 4.83. The molecule has 1 fully saturated rings. The van der Waals surface area contributed by atoms with Crippen LogP contribution in [0.4, 0.5) is 41.2 Å². The van der Waals surface area contributed by atoms with Crippen LogP contribution in [0.15, 0.2) is 53.6 Å². The van der Waals surface area contributed by atoms with Gasteiger partial charge in [0, 0.05) is 44.8 Å². The van der Waals surface area contributed by atoms with Crippen LogP contribution in [0.2, 0.25) is 0 Å². The van der Waals surface area contributed by atoms with Crippen molar-refractivity contribution in [3.8, 4) is 11.4 Å². The molecular weight excluding hydrogens is 553 g/mol. The number of hydrogen-bond acceptors (Lipinski definition) is 5. The lowest BCUT2D eigenvalue weighted by Crippen LogP contribution is -2.39. The molecule has 0 radical (unpaired) electrons. The van der Waals surface area contributed by atoms with Crippen molar-refractivity contribution in [1.82, 2.24) is 14.5 Å². The van der Waals surface area contributed by atoms with Gasteiger partial charge in [0.25, 0.3) is 0 Å². The van der Waals surface area contributed by atoms with E-state index in [4.69, 9.17) is 9.47 Å². The number of halogens is 7. The Morgan fingerprint density at radius 3 is 2.40 bits per heavy atom. The molecule has 1 aliphatic rings. The fraction of sp³-hybridized carbons (Fsp3) is 0.360. The molecule has 1 aliphatic heterocycles. The topological polar surface area (TPSA) is 77.7 Å². The third kappa shape index (κ3) is 6.47. The van der Waals surface area contributed by atoms with Gasteiger partial charge in [0.15, 0.2) is 5.75 Å². The number of carbonyl (C=O) groups excluding carboxylic acids is 1. The number of nitrogens with zero attached hydrogens (tertiary/aromatic N) is 3. The zero-order chi connectivity index (χ0) is 29.2. The van der Waals surface area contributed by atoms with E-state index >= 15 is 0 Å². The van der Waals surface area contributed by atoms with Crippen molar-refractivity contribution in [3.63, 3.8) is 0 Å². The van der Waals surface area contributed by atoms with Crippen LogP contribution in [-0.2, 0) is 23.6 Å². The highest BCUT2D eigenvalue weighted by molar-refractivity contribution is 5.89. The Morgan fingerprint density at radius 2 is 1.80 bits per heavy atom. The normalized spacial score (nSPS) is 16.1. The zero-order valence-electron chi connectivity index (χ0n) is 20.9. The van der Waals surface area contributed by atoms with Crippen molar-refractivity contribution >= 4 is 11.8 Å². The summed E-state index contributed by atoms with van der Waals surface area (Å²) in [6, 6.07) is 4.37. The molecule has 4 rings (SSSR count). The van der Waals surface area contributed by atoms with Crippen molar-refractivity contribution in [1.29, 1.82) is 0 Å². The predicted molar refractivity (Wildman–Crippen MR) is 128 cm³/mol. The summed E-state index contributed by atoms with van der Waals surface area (Å²) in [5.41, 5.74) is -5.50. The van der Waals surface area contributed by atoms with E-state index in [9.17, 15) is 40.3 Å². The molecule has 2 heterocycles. The van der Waals surface area contributed by atoms with Gasteiger partial charge in [-0.1, -0.05) is 0 Å². The first-order valence-corrected chi connectivity index (χ1v) is 11.9. The Labute approximate surface area is 222 Å². The molecule has 3 aromatic rings. The van der Waals surface area contributed by atoms with Crippen LogP contribution >= 0.6 is 0 Å². The number of morpholine rings is 1. The molecule has 0 spiro atoms. The van der Waals surface area contributed by atoms with Crippen molar-refractivity contribution < 1.29 is 45.0 Å². The van der Waals surface area contributed by atoms with Crippen molar-refractivity contribution in [2.75, 3.05) is 31.6 Å². The van der Waals surface area contributed by atoms with E-state index in [2.05, 4.69) is 5.32 Å². The number of alkyl halides is 6. The van der Waals surface area contributed by atoms with Crippen LogP contribution in [0.25, 0.3) is 5.69 Å². The third-order valence-electron chi connectivity index (χ3n) is 6.18. The SMILES string of the molecule is CN(C(=O)Oc1c(-n2ccn(CCC3CNCCO3)c2=O)cc(C(F)(F)F)cc1C(F)(F)F)c1ccc(F)cc1. The highest BCUT2D eigenvalue weighted by Gasteiger charge is 2.42. The standard InChI is InChI=1S/C25H23F7N4O4/c1-34(17-4-2-16(26)3-5-17)23(38)40-21-19(25(30,31)32)12-15(24(27,28)29)13-20(21)36-10-9-35(22(36)37)8-6-18-14-33-7-11-39-18/h2-5,9-10,12-13,18,33H,6-8,11,14H2,1H3. The second-order valence-electron chi connectivity index (χ2n) is 8.90. The van der Waals surface area contributed by atoms with E-state index in [-0.39, 0.29) is 24.4 Å². The Bertz CT molecular complexity index is 1410. The number of aryl methyl sites for hydroxylation is 1. The number of hydrogen-bond donors (Lipinski definition) is 1. The molecule has 1 saturated heterocycles. The minimum absolute atomic E-state index is 0.0242. The summed E-state index contributed by atoms with van der Waals surface area (Å²) in [5.74, 6) is -1.95. The first kappa shape index (κ1) is 29.1. The summed E-state index contributed by atoms with van der Waals surface area (Å²) in [6.07, 6.45) is -9.77. The van der Waals surface area contributed by atoms with Crippen LogP contribution in [0.5, 0.6) is 5.75 Å². The molecule has 1 aromatic heterocycles. The molecule has 216 valence electrons.